The topological polar surface area (TPSA) is 9.23 Å². The molecule has 1 aromatic carbocycles. The van der Waals surface area contributed by atoms with E-state index in [0.29, 0.717) is 0 Å². The van der Waals surface area contributed by atoms with E-state index in [4.69, 9.17) is 4.43 Å². The molecule has 0 saturated heterocycles. The maximum absolute atomic E-state index is 6.22. The predicted octanol–water partition coefficient (Wildman–Crippen LogP) is 5.28. The second kappa shape index (κ2) is 5.25. The third-order valence-corrected chi connectivity index (χ3v) is 8.67. The summed E-state index contributed by atoms with van der Waals surface area (Å²) < 4.78 is 7.35. The molecule has 0 aliphatic carbocycles. The lowest BCUT2D eigenvalue weighted by Crippen LogP contribution is -2.40. The van der Waals surface area contributed by atoms with Crippen LogP contribution < -0.4 is 0 Å². The van der Waals surface area contributed by atoms with Crippen LogP contribution in [0.3, 0.4) is 0 Å². The van der Waals surface area contributed by atoms with Crippen molar-refractivity contribution >= 4 is 24.2 Å². The molecule has 0 bridgehead atoms. The molecule has 0 unspecified atom stereocenters. The van der Waals surface area contributed by atoms with Crippen molar-refractivity contribution in [3.8, 4) is 0 Å². The minimum atomic E-state index is -1.64. The molecule has 0 spiro atoms. The third-order valence-electron chi connectivity index (χ3n) is 3.70. The smallest absolute Gasteiger partial charge is 0.192 e. The maximum atomic E-state index is 6.22. The van der Waals surface area contributed by atoms with Gasteiger partial charge in [-0.25, -0.2) is 0 Å². The van der Waals surface area contributed by atoms with Gasteiger partial charge in [-0.05, 0) is 48.3 Å². The quantitative estimate of drug-likeness (QED) is 0.690. The zero-order valence-electron chi connectivity index (χ0n) is 11.7. The molecule has 0 fully saturated rings. The van der Waals surface area contributed by atoms with E-state index in [1.807, 2.05) is 0 Å². The van der Waals surface area contributed by atoms with Crippen LogP contribution in [0.2, 0.25) is 18.1 Å². The molecule has 0 radical (unpaired) electrons. The number of hydrogen-bond acceptors (Lipinski definition) is 1. The predicted molar refractivity (Wildman–Crippen MR) is 80.9 cm³/mol. The fraction of sp³-hybridized carbons (Fsp3) is 0.571. The third kappa shape index (κ3) is 3.93. The maximum Gasteiger partial charge on any atom is 0.192 e. The van der Waals surface area contributed by atoms with Gasteiger partial charge in [-0.2, -0.15) is 0 Å². The van der Waals surface area contributed by atoms with Crippen LogP contribution in [0.4, 0.5) is 0 Å². The van der Waals surface area contributed by atoms with E-state index < -0.39 is 8.32 Å². The molecule has 0 N–H and O–H groups in total. The van der Waals surface area contributed by atoms with Crippen LogP contribution in [-0.4, -0.2) is 8.32 Å². The van der Waals surface area contributed by atoms with Crippen molar-refractivity contribution in [3.05, 3.63) is 33.8 Å². The van der Waals surface area contributed by atoms with Gasteiger partial charge in [-0.15, -0.1) is 0 Å². The van der Waals surface area contributed by atoms with Crippen LogP contribution in [0.5, 0.6) is 0 Å². The Kier molecular flexibility index (Phi) is 4.61. The van der Waals surface area contributed by atoms with Crippen LogP contribution in [-0.2, 0) is 11.0 Å². The van der Waals surface area contributed by atoms with E-state index in [1.165, 1.54) is 11.1 Å². The standard InChI is InChI=1S/C14H23BrOSi/c1-11-9-13(15)8-7-12(11)10-16-17(5,6)14(2,3)4/h7-9H,10H2,1-6H3. The Balaban J connectivity index is 2.74. The number of halogens is 1. The molecule has 0 aliphatic heterocycles. The lowest BCUT2D eigenvalue weighted by Gasteiger charge is -2.36. The highest BCUT2D eigenvalue weighted by Gasteiger charge is 2.37. The monoisotopic (exact) mass is 314 g/mol. The van der Waals surface area contributed by atoms with E-state index in [0.717, 1.165) is 11.1 Å². The largest absolute Gasteiger partial charge is 0.413 e. The number of aryl methyl sites for hydroxylation is 1. The Bertz CT molecular complexity index is 394. The SMILES string of the molecule is Cc1cc(Br)ccc1CO[Si](C)(C)C(C)(C)C. The normalized spacial score (nSPS) is 12.9. The number of benzene rings is 1. The summed E-state index contributed by atoms with van der Waals surface area (Å²) in [6.07, 6.45) is 0. The van der Waals surface area contributed by atoms with Crippen LogP contribution in [0.25, 0.3) is 0 Å². The van der Waals surface area contributed by atoms with Gasteiger partial charge in [-0.3, -0.25) is 0 Å². The summed E-state index contributed by atoms with van der Waals surface area (Å²) in [6, 6.07) is 6.37. The minimum absolute atomic E-state index is 0.274. The summed E-state index contributed by atoms with van der Waals surface area (Å²) in [7, 11) is -1.64. The van der Waals surface area contributed by atoms with E-state index in [-0.39, 0.29) is 5.04 Å². The van der Waals surface area contributed by atoms with Gasteiger partial charge in [0.05, 0.1) is 6.61 Å². The van der Waals surface area contributed by atoms with E-state index in [9.17, 15) is 0 Å². The van der Waals surface area contributed by atoms with Crippen molar-refractivity contribution in [2.45, 2.75) is 52.4 Å². The zero-order chi connectivity index (χ0) is 13.3. The van der Waals surface area contributed by atoms with Crippen molar-refractivity contribution in [1.29, 1.82) is 0 Å². The fourth-order valence-electron chi connectivity index (χ4n) is 1.30. The second-order valence-corrected chi connectivity index (χ2v) is 11.8. The average molecular weight is 315 g/mol. The van der Waals surface area contributed by atoms with Gasteiger partial charge in [0, 0.05) is 4.47 Å². The van der Waals surface area contributed by atoms with Gasteiger partial charge >= 0.3 is 0 Å². The molecule has 17 heavy (non-hydrogen) atoms. The summed E-state index contributed by atoms with van der Waals surface area (Å²) in [5.41, 5.74) is 2.58. The lowest BCUT2D eigenvalue weighted by atomic mass is 10.1. The van der Waals surface area contributed by atoms with Crippen LogP contribution in [0, 0.1) is 6.92 Å². The van der Waals surface area contributed by atoms with Gasteiger partial charge in [-0.1, -0.05) is 42.8 Å². The molecule has 0 atom stereocenters. The number of hydrogen-bond donors (Lipinski definition) is 0. The van der Waals surface area contributed by atoms with Gasteiger partial charge in [0.1, 0.15) is 0 Å². The second-order valence-electron chi connectivity index (χ2n) is 6.12. The lowest BCUT2D eigenvalue weighted by molar-refractivity contribution is 0.275. The Morgan fingerprint density at radius 2 is 1.82 bits per heavy atom. The molecule has 0 heterocycles. The Hall–Kier alpha value is -0.123. The molecule has 1 rings (SSSR count). The van der Waals surface area contributed by atoms with Crippen molar-refractivity contribution in [1.82, 2.24) is 0 Å². The van der Waals surface area contributed by atoms with Crippen LogP contribution >= 0.6 is 15.9 Å². The Labute approximate surface area is 115 Å². The summed E-state index contributed by atoms with van der Waals surface area (Å²) in [6.45, 7) is 14.3. The van der Waals surface area contributed by atoms with Crippen LogP contribution in [0.1, 0.15) is 31.9 Å². The number of rotatable bonds is 3. The highest BCUT2D eigenvalue weighted by molar-refractivity contribution is 9.10. The zero-order valence-corrected chi connectivity index (χ0v) is 14.3. The van der Waals surface area contributed by atoms with Gasteiger partial charge in [0.25, 0.3) is 0 Å². The van der Waals surface area contributed by atoms with E-state index >= 15 is 0 Å². The fourth-order valence-corrected chi connectivity index (χ4v) is 2.72. The molecule has 1 aromatic rings. The van der Waals surface area contributed by atoms with Crippen molar-refractivity contribution in [2.24, 2.45) is 0 Å². The Morgan fingerprint density at radius 3 is 2.29 bits per heavy atom. The van der Waals surface area contributed by atoms with Crippen LogP contribution in [0.15, 0.2) is 22.7 Å². The van der Waals surface area contributed by atoms with Crippen molar-refractivity contribution in [2.75, 3.05) is 0 Å². The summed E-state index contributed by atoms with van der Waals surface area (Å²) in [5, 5.41) is 0.274. The molecule has 1 nitrogen and oxygen atoms in total. The molecule has 0 aliphatic rings. The molecule has 3 heteroatoms. The summed E-state index contributed by atoms with van der Waals surface area (Å²) in [5.74, 6) is 0. The Morgan fingerprint density at radius 1 is 1.24 bits per heavy atom. The van der Waals surface area contributed by atoms with Crippen molar-refractivity contribution in [3.63, 3.8) is 0 Å². The summed E-state index contributed by atoms with van der Waals surface area (Å²) >= 11 is 3.49. The molecule has 0 aromatic heterocycles. The minimum Gasteiger partial charge on any atom is -0.413 e. The molecule has 0 amide bonds. The molecule has 96 valence electrons. The highest BCUT2D eigenvalue weighted by Crippen LogP contribution is 2.37. The van der Waals surface area contributed by atoms with Gasteiger partial charge in [0.2, 0.25) is 0 Å². The van der Waals surface area contributed by atoms with E-state index in [2.05, 4.69) is 74.9 Å². The molecule has 0 saturated carbocycles. The highest BCUT2D eigenvalue weighted by atomic mass is 79.9. The van der Waals surface area contributed by atoms with E-state index in [1.54, 1.807) is 0 Å². The van der Waals surface area contributed by atoms with Gasteiger partial charge < -0.3 is 4.43 Å². The first-order chi connectivity index (χ1) is 7.63. The van der Waals surface area contributed by atoms with Gasteiger partial charge in [0.15, 0.2) is 8.32 Å². The first kappa shape index (κ1) is 14.9. The van der Waals surface area contributed by atoms with Crippen molar-refractivity contribution < 1.29 is 4.43 Å². The first-order valence-corrected chi connectivity index (χ1v) is 9.72. The summed E-state index contributed by atoms with van der Waals surface area (Å²) in [4.78, 5) is 0. The molecular weight excluding hydrogens is 292 g/mol. The average Bonchev–Trinajstić information content (AvgIpc) is 2.14. The molecular formula is C14H23BrOSi. The first-order valence-electron chi connectivity index (χ1n) is 6.02.